The van der Waals surface area contributed by atoms with E-state index in [4.69, 9.17) is 4.42 Å². The highest BCUT2D eigenvalue weighted by molar-refractivity contribution is 5.95. The van der Waals surface area contributed by atoms with Crippen LogP contribution >= 0.6 is 0 Å². The minimum Gasteiger partial charge on any atom is -0.463 e. The highest BCUT2D eigenvalue weighted by Crippen LogP contribution is 2.02. The molecule has 0 unspecified atom stereocenters. The van der Waals surface area contributed by atoms with Crippen molar-refractivity contribution in [2.75, 3.05) is 0 Å². The van der Waals surface area contributed by atoms with Gasteiger partial charge >= 0.3 is 0 Å². The lowest BCUT2D eigenvalue weighted by molar-refractivity contribution is 0.556. The Morgan fingerprint density at radius 2 is 2.23 bits per heavy atom. The molecule has 0 bridgehead atoms. The molecule has 0 aromatic carbocycles. The fourth-order valence-corrected chi connectivity index (χ4v) is 0.954. The molecule has 5 nitrogen and oxygen atoms in total. The Labute approximate surface area is 74.7 Å². The van der Waals surface area contributed by atoms with Crippen LogP contribution in [0.25, 0.3) is 0 Å². The van der Waals surface area contributed by atoms with Crippen molar-refractivity contribution in [1.29, 1.82) is 0 Å². The molecule has 0 fully saturated rings. The number of nitrogens with zero attached hydrogens (tertiary/aromatic N) is 4. The maximum Gasteiger partial charge on any atom is 0.149 e. The van der Waals surface area contributed by atoms with Crippen LogP contribution in [-0.4, -0.2) is 20.6 Å². The highest BCUT2D eigenvalue weighted by Gasteiger charge is 1.99. The van der Waals surface area contributed by atoms with Gasteiger partial charge in [-0.2, -0.15) is 5.10 Å². The molecule has 0 N–H and O–H groups in total. The van der Waals surface area contributed by atoms with E-state index in [1.807, 2.05) is 19.1 Å². The molecule has 0 radical (unpaired) electrons. The third-order valence-electron chi connectivity index (χ3n) is 1.55. The molecule has 2 rings (SSSR count). The number of hydrogen-bond acceptors (Lipinski definition) is 4. The molecule has 5 heteroatoms. The van der Waals surface area contributed by atoms with E-state index < -0.39 is 0 Å². The van der Waals surface area contributed by atoms with Crippen molar-refractivity contribution in [3.63, 3.8) is 0 Å². The van der Waals surface area contributed by atoms with Gasteiger partial charge in [0.05, 0.1) is 6.26 Å². The SMILES string of the molecule is CC(=Nn1cnnc1)c1ccco1. The van der Waals surface area contributed by atoms with Crippen LogP contribution in [0.5, 0.6) is 0 Å². The monoisotopic (exact) mass is 176 g/mol. The maximum absolute atomic E-state index is 5.16. The Hall–Kier alpha value is -1.91. The van der Waals surface area contributed by atoms with Crippen molar-refractivity contribution in [2.24, 2.45) is 5.10 Å². The number of furan rings is 1. The lowest BCUT2D eigenvalue weighted by atomic mass is 10.3. The summed E-state index contributed by atoms with van der Waals surface area (Å²) in [5.41, 5.74) is 0.782. The Balaban J connectivity index is 2.27. The van der Waals surface area contributed by atoms with Gasteiger partial charge in [0.15, 0.2) is 0 Å². The van der Waals surface area contributed by atoms with Gasteiger partial charge in [0.25, 0.3) is 0 Å². The van der Waals surface area contributed by atoms with E-state index in [1.165, 1.54) is 17.3 Å². The molecule has 0 aliphatic rings. The van der Waals surface area contributed by atoms with Crippen LogP contribution < -0.4 is 0 Å². The molecule has 0 aliphatic carbocycles. The first-order valence-electron chi connectivity index (χ1n) is 3.80. The zero-order valence-electron chi connectivity index (χ0n) is 7.08. The van der Waals surface area contributed by atoms with Crippen molar-refractivity contribution in [3.05, 3.63) is 36.8 Å². The normalized spacial score (nSPS) is 11.9. The summed E-state index contributed by atoms with van der Waals surface area (Å²) in [6.45, 7) is 1.86. The molecule has 0 saturated heterocycles. The number of hydrogen-bond donors (Lipinski definition) is 0. The third kappa shape index (κ3) is 1.64. The summed E-state index contributed by atoms with van der Waals surface area (Å²) in [5, 5.41) is 11.4. The molecule has 2 aromatic heterocycles. The van der Waals surface area contributed by atoms with Gasteiger partial charge in [0.1, 0.15) is 24.1 Å². The summed E-state index contributed by atoms with van der Waals surface area (Å²) in [4.78, 5) is 0. The minimum atomic E-state index is 0.744. The summed E-state index contributed by atoms with van der Waals surface area (Å²) < 4.78 is 6.68. The van der Waals surface area contributed by atoms with E-state index >= 15 is 0 Å². The van der Waals surface area contributed by atoms with E-state index in [-0.39, 0.29) is 0 Å². The predicted octanol–water partition coefficient (Wildman–Crippen LogP) is 1.14. The molecular weight excluding hydrogens is 168 g/mol. The zero-order valence-corrected chi connectivity index (χ0v) is 7.08. The molecule has 0 spiro atoms. The van der Waals surface area contributed by atoms with Crippen LogP contribution in [0.3, 0.4) is 0 Å². The standard InChI is InChI=1S/C8H8N4O/c1-7(8-3-2-4-13-8)11-12-5-9-10-6-12/h2-6H,1H3. The molecule has 0 aliphatic heterocycles. The molecule has 2 aromatic rings. The van der Waals surface area contributed by atoms with Crippen LogP contribution in [-0.2, 0) is 0 Å². The minimum absolute atomic E-state index is 0.744. The Morgan fingerprint density at radius 3 is 2.85 bits per heavy atom. The zero-order chi connectivity index (χ0) is 9.10. The van der Waals surface area contributed by atoms with Gasteiger partial charge in [-0.1, -0.05) is 0 Å². The van der Waals surface area contributed by atoms with Gasteiger partial charge < -0.3 is 4.42 Å². The summed E-state index contributed by atoms with van der Waals surface area (Å²) in [5.74, 6) is 0.744. The quantitative estimate of drug-likeness (QED) is 0.645. The van der Waals surface area contributed by atoms with Gasteiger partial charge in [0.2, 0.25) is 0 Å². The van der Waals surface area contributed by atoms with Crippen molar-refractivity contribution in [3.8, 4) is 0 Å². The van der Waals surface area contributed by atoms with Gasteiger partial charge in [-0.15, -0.1) is 10.2 Å². The lowest BCUT2D eigenvalue weighted by Gasteiger charge is -1.94. The largest absolute Gasteiger partial charge is 0.463 e. The third-order valence-corrected chi connectivity index (χ3v) is 1.55. The Morgan fingerprint density at radius 1 is 1.46 bits per heavy atom. The van der Waals surface area contributed by atoms with E-state index in [0.717, 1.165) is 11.5 Å². The average Bonchev–Trinajstić information content (AvgIpc) is 2.74. The van der Waals surface area contributed by atoms with E-state index in [2.05, 4.69) is 15.3 Å². The molecule has 66 valence electrons. The van der Waals surface area contributed by atoms with Gasteiger partial charge in [-0.3, -0.25) is 0 Å². The molecule has 0 saturated carbocycles. The first-order valence-corrected chi connectivity index (χ1v) is 3.80. The van der Waals surface area contributed by atoms with Crippen molar-refractivity contribution >= 4 is 5.71 Å². The molecule has 0 atom stereocenters. The van der Waals surface area contributed by atoms with Crippen LogP contribution in [0.1, 0.15) is 12.7 Å². The number of rotatable bonds is 2. The second kappa shape index (κ2) is 3.22. The van der Waals surface area contributed by atoms with Gasteiger partial charge in [-0.05, 0) is 19.1 Å². The topological polar surface area (TPSA) is 56.2 Å². The second-order valence-corrected chi connectivity index (χ2v) is 2.50. The van der Waals surface area contributed by atoms with E-state index in [0.29, 0.717) is 0 Å². The van der Waals surface area contributed by atoms with E-state index in [1.54, 1.807) is 6.26 Å². The Bertz CT molecular complexity index is 388. The van der Waals surface area contributed by atoms with Crippen molar-refractivity contribution in [2.45, 2.75) is 6.92 Å². The number of aromatic nitrogens is 3. The van der Waals surface area contributed by atoms with Gasteiger partial charge in [-0.25, -0.2) is 4.68 Å². The van der Waals surface area contributed by atoms with Crippen LogP contribution in [0.2, 0.25) is 0 Å². The maximum atomic E-state index is 5.16. The summed E-state index contributed by atoms with van der Waals surface area (Å²) in [6.07, 6.45) is 4.65. The summed E-state index contributed by atoms with van der Waals surface area (Å²) >= 11 is 0. The molecule has 2 heterocycles. The Kier molecular flexibility index (Phi) is 1.91. The summed E-state index contributed by atoms with van der Waals surface area (Å²) in [6, 6.07) is 3.67. The fourth-order valence-electron chi connectivity index (χ4n) is 0.954. The molecular formula is C8H8N4O. The highest BCUT2D eigenvalue weighted by atomic mass is 16.3. The predicted molar refractivity (Wildman–Crippen MR) is 46.3 cm³/mol. The average molecular weight is 176 g/mol. The van der Waals surface area contributed by atoms with Crippen LogP contribution in [0.4, 0.5) is 0 Å². The van der Waals surface area contributed by atoms with Crippen LogP contribution in [0.15, 0.2) is 40.6 Å². The fraction of sp³-hybridized carbons (Fsp3) is 0.125. The smallest absolute Gasteiger partial charge is 0.149 e. The lowest BCUT2D eigenvalue weighted by Crippen LogP contribution is -1.96. The van der Waals surface area contributed by atoms with Crippen molar-refractivity contribution in [1.82, 2.24) is 14.9 Å². The van der Waals surface area contributed by atoms with E-state index in [9.17, 15) is 0 Å². The summed E-state index contributed by atoms with van der Waals surface area (Å²) in [7, 11) is 0. The second-order valence-electron chi connectivity index (χ2n) is 2.50. The molecule has 13 heavy (non-hydrogen) atoms. The van der Waals surface area contributed by atoms with Crippen molar-refractivity contribution < 1.29 is 4.42 Å². The first kappa shape index (κ1) is 7.72. The van der Waals surface area contributed by atoms with Crippen LogP contribution in [0, 0.1) is 0 Å². The van der Waals surface area contributed by atoms with Gasteiger partial charge in [0, 0.05) is 0 Å². The molecule has 0 amide bonds. The first-order chi connectivity index (χ1) is 6.36.